The van der Waals surface area contributed by atoms with Crippen molar-refractivity contribution in [2.45, 2.75) is 45.1 Å². The van der Waals surface area contributed by atoms with Crippen LogP contribution in [0.1, 0.15) is 59.9 Å². The van der Waals surface area contributed by atoms with Crippen molar-refractivity contribution in [3.63, 3.8) is 0 Å². The van der Waals surface area contributed by atoms with E-state index in [2.05, 4.69) is 36.4 Å². The molecule has 0 spiro atoms. The van der Waals surface area contributed by atoms with Gasteiger partial charge in [-0.2, -0.15) is 0 Å². The molecule has 3 rings (SSSR count). The second kappa shape index (κ2) is 10.4. The molecular weight excluding hydrogens is 406 g/mol. The third-order valence-corrected chi connectivity index (χ3v) is 5.27. The molecule has 1 fully saturated rings. The van der Waals surface area contributed by atoms with Crippen molar-refractivity contribution >= 4 is 23.5 Å². The van der Waals surface area contributed by atoms with Gasteiger partial charge in [0.2, 0.25) is 5.96 Å². The summed E-state index contributed by atoms with van der Waals surface area (Å²) in [7, 11) is 1.34. The number of nitrogens with zero attached hydrogens (tertiary/aromatic N) is 1. The van der Waals surface area contributed by atoms with Gasteiger partial charge in [-0.05, 0) is 54.2 Å². The van der Waals surface area contributed by atoms with Crippen LogP contribution < -0.4 is 10.6 Å². The summed E-state index contributed by atoms with van der Waals surface area (Å²) in [6.45, 7) is 7.55. The average Bonchev–Trinajstić information content (AvgIpc) is 3.30. The molecule has 7 nitrogen and oxygen atoms in total. The largest absolute Gasteiger partial charge is 0.465 e. The van der Waals surface area contributed by atoms with Crippen molar-refractivity contribution in [3.05, 3.63) is 65.2 Å². The van der Waals surface area contributed by atoms with Gasteiger partial charge in [-0.25, -0.2) is 9.79 Å². The summed E-state index contributed by atoms with van der Waals surface area (Å²) < 4.78 is 10.4. The number of methoxy groups -OCH3 is 1. The molecule has 7 heteroatoms. The summed E-state index contributed by atoms with van der Waals surface area (Å²) in [6, 6.07) is 14.4. The summed E-state index contributed by atoms with van der Waals surface area (Å²) in [6.07, 6.45) is 1.99. The van der Waals surface area contributed by atoms with Crippen LogP contribution in [0.25, 0.3) is 0 Å². The lowest BCUT2D eigenvalue weighted by atomic mass is 9.87. The molecule has 0 radical (unpaired) electrons. The molecule has 1 aliphatic heterocycles. The minimum atomic E-state index is -0.436. The summed E-state index contributed by atoms with van der Waals surface area (Å²) in [5.74, 6) is -0.407. The van der Waals surface area contributed by atoms with Crippen molar-refractivity contribution in [2.75, 3.05) is 25.6 Å². The first-order chi connectivity index (χ1) is 15.3. The van der Waals surface area contributed by atoms with Crippen LogP contribution in [0.2, 0.25) is 0 Å². The van der Waals surface area contributed by atoms with Crippen molar-refractivity contribution in [3.8, 4) is 0 Å². The monoisotopic (exact) mass is 437 g/mol. The van der Waals surface area contributed by atoms with Crippen LogP contribution in [-0.4, -0.2) is 44.2 Å². The highest BCUT2D eigenvalue weighted by Crippen LogP contribution is 2.22. The molecule has 1 amide bonds. The van der Waals surface area contributed by atoms with Crippen LogP contribution in [0.4, 0.5) is 5.69 Å². The molecular formula is C25H31N3O4. The molecule has 32 heavy (non-hydrogen) atoms. The van der Waals surface area contributed by atoms with E-state index in [1.807, 2.05) is 24.3 Å². The Morgan fingerprint density at radius 2 is 1.88 bits per heavy atom. The Balaban J connectivity index is 1.77. The van der Waals surface area contributed by atoms with E-state index in [1.165, 1.54) is 7.11 Å². The number of esters is 1. The van der Waals surface area contributed by atoms with Gasteiger partial charge in [0.1, 0.15) is 0 Å². The second-order valence-corrected chi connectivity index (χ2v) is 8.80. The smallest absolute Gasteiger partial charge is 0.337 e. The van der Waals surface area contributed by atoms with Gasteiger partial charge in [0.05, 0.1) is 25.3 Å². The van der Waals surface area contributed by atoms with E-state index >= 15 is 0 Å². The molecule has 1 saturated heterocycles. The molecule has 2 aromatic carbocycles. The van der Waals surface area contributed by atoms with Crippen LogP contribution in [0, 0.1) is 0 Å². The highest BCUT2D eigenvalue weighted by molar-refractivity contribution is 6.10. The molecule has 1 atom stereocenters. The number of hydrogen-bond donors (Lipinski definition) is 2. The highest BCUT2D eigenvalue weighted by Gasteiger charge is 2.18. The Kier molecular flexibility index (Phi) is 7.64. The van der Waals surface area contributed by atoms with Gasteiger partial charge in [-0.15, -0.1) is 0 Å². The Labute approximate surface area is 189 Å². The van der Waals surface area contributed by atoms with Crippen LogP contribution >= 0.6 is 0 Å². The number of nitrogens with one attached hydrogen (secondary N) is 2. The number of hydrogen-bond acceptors (Lipinski definition) is 5. The van der Waals surface area contributed by atoms with E-state index < -0.39 is 5.97 Å². The van der Waals surface area contributed by atoms with Crippen molar-refractivity contribution in [1.29, 1.82) is 0 Å². The summed E-state index contributed by atoms with van der Waals surface area (Å²) in [5.41, 5.74) is 2.71. The SMILES string of the molecule is COC(=O)c1cccc(NC(=NC[C@H]2CCCO2)NC(=O)c2ccc(C(C)(C)C)cc2)c1. The number of carbonyl (C=O) groups is 2. The Morgan fingerprint density at radius 1 is 1.12 bits per heavy atom. The fourth-order valence-electron chi connectivity index (χ4n) is 3.37. The van der Waals surface area contributed by atoms with E-state index in [-0.39, 0.29) is 17.4 Å². The minimum Gasteiger partial charge on any atom is -0.465 e. The maximum Gasteiger partial charge on any atom is 0.337 e. The number of benzene rings is 2. The van der Waals surface area contributed by atoms with Crippen LogP contribution in [0.15, 0.2) is 53.5 Å². The predicted octanol–water partition coefficient (Wildman–Crippen LogP) is 4.15. The zero-order chi connectivity index (χ0) is 23.1. The quantitative estimate of drug-likeness (QED) is 0.417. The number of ether oxygens (including phenoxy) is 2. The van der Waals surface area contributed by atoms with Crippen molar-refractivity contribution in [2.24, 2.45) is 4.99 Å². The lowest BCUT2D eigenvalue weighted by Crippen LogP contribution is -2.36. The third-order valence-electron chi connectivity index (χ3n) is 5.27. The van der Waals surface area contributed by atoms with Gasteiger partial charge in [0.25, 0.3) is 5.91 Å². The number of amides is 1. The normalized spacial score (nSPS) is 16.5. The van der Waals surface area contributed by atoms with Crippen molar-refractivity contribution < 1.29 is 19.1 Å². The molecule has 1 heterocycles. The van der Waals surface area contributed by atoms with Gasteiger partial charge in [0.15, 0.2) is 0 Å². The lowest BCUT2D eigenvalue weighted by molar-refractivity contribution is 0.0600. The predicted molar refractivity (Wildman–Crippen MR) is 125 cm³/mol. The fraction of sp³-hybridized carbons (Fsp3) is 0.400. The Morgan fingerprint density at radius 3 is 2.50 bits per heavy atom. The number of aliphatic imine (C=N–C) groups is 1. The fourth-order valence-corrected chi connectivity index (χ4v) is 3.37. The molecule has 2 N–H and O–H groups in total. The van der Waals surface area contributed by atoms with Crippen molar-refractivity contribution in [1.82, 2.24) is 5.32 Å². The van der Waals surface area contributed by atoms with E-state index in [0.717, 1.165) is 25.0 Å². The van der Waals surface area contributed by atoms with Crippen LogP contribution in [0.5, 0.6) is 0 Å². The topological polar surface area (TPSA) is 89.0 Å². The van der Waals surface area contributed by atoms with Crippen LogP contribution in [-0.2, 0) is 14.9 Å². The zero-order valence-electron chi connectivity index (χ0n) is 19.1. The Hall–Kier alpha value is -3.19. The molecule has 1 aliphatic rings. The number of anilines is 1. The standard InChI is InChI=1S/C25H31N3O4/c1-25(2,3)19-12-10-17(11-13-19)22(29)28-24(26-16-21-9-6-14-32-21)27-20-8-5-7-18(15-20)23(30)31-4/h5,7-8,10-13,15,21H,6,9,14,16H2,1-4H3,(H2,26,27,28,29)/t21-/m1/s1. The van der Waals surface area contributed by atoms with Gasteiger partial charge < -0.3 is 14.8 Å². The van der Waals surface area contributed by atoms with Crippen LogP contribution in [0.3, 0.4) is 0 Å². The number of carbonyl (C=O) groups excluding carboxylic acids is 2. The number of guanidine groups is 1. The first-order valence-electron chi connectivity index (χ1n) is 10.8. The van der Waals surface area contributed by atoms with Gasteiger partial charge in [0, 0.05) is 17.9 Å². The molecule has 0 bridgehead atoms. The van der Waals surface area contributed by atoms with E-state index in [1.54, 1.807) is 24.3 Å². The molecule has 0 saturated carbocycles. The average molecular weight is 438 g/mol. The zero-order valence-corrected chi connectivity index (χ0v) is 19.1. The molecule has 0 aromatic heterocycles. The Bertz CT molecular complexity index is 971. The van der Waals surface area contributed by atoms with E-state index in [4.69, 9.17) is 9.47 Å². The van der Waals surface area contributed by atoms with Gasteiger partial charge in [-0.1, -0.05) is 39.0 Å². The first kappa shape index (κ1) is 23.5. The number of rotatable bonds is 5. The molecule has 170 valence electrons. The second-order valence-electron chi connectivity index (χ2n) is 8.80. The summed E-state index contributed by atoms with van der Waals surface area (Å²) in [5, 5.41) is 5.97. The third kappa shape index (κ3) is 6.40. The summed E-state index contributed by atoms with van der Waals surface area (Å²) in [4.78, 5) is 29.3. The highest BCUT2D eigenvalue weighted by atomic mass is 16.5. The van der Waals surface area contributed by atoms with Gasteiger partial charge in [-0.3, -0.25) is 10.1 Å². The first-order valence-corrected chi connectivity index (χ1v) is 10.8. The lowest BCUT2D eigenvalue weighted by Gasteiger charge is -2.19. The molecule has 2 aromatic rings. The van der Waals surface area contributed by atoms with E-state index in [9.17, 15) is 9.59 Å². The van der Waals surface area contributed by atoms with Gasteiger partial charge >= 0.3 is 5.97 Å². The maximum atomic E-state index is 12.9. The minimum absolute atomic E-state index is 0.00904. The summed E-state index contributed by atoms with van der Waals surface area (Å²) >= 11 is 0. The molecule has 0 aliphatic carbocycles. The molecule has 0 unspecified atom stereocenters. The van der Waals surface area contributed by atoms with E-state index in [0.29, 0.717) is 29.3 Å². The maximum absolute atomic E-state index is 12.9.